The van der Waals surface area contributed by atoms with Crippen LogP contribution >= 0.6 is 0 Å². The van der Waals surface area contributed by atoms with Crippen molar-refractivity contribution in [2.45, 2.75) is 58.9 Å². The molecule has 0 radical (unpaired) electrons. The first-order valence-corrected chi connectivity index (χ1v) is 10.8. The monoisotopic (exact) mass is 411 g/mol. The smallest absolute Gasteiger partial charge is 0.344 e. The third-order valence-corrected chi connectivity index (χ3v) is 5.73. The minimum Gasteiger partial charge on any atom is -0.508 e. The molecule has 0 aliphatic carbocycles. The third kappa shape index (κ3) is 5.76. The molecule has 5 nitrogen and oxygen atoms in total. The molecule has 1 fully saturated rings. The van der Waals surface area contributed by atoms with Crippen LogP contribution in [0.5, 0.6) is 11.5 Å². The first-order chi connectivity index (χ1) is 14.3. The molecule has 0 saturated carbocycles. The number of esters is 1. The Morgan fingerprint density at radius 2 is 1.93 bits per heavy atom. The van der Waals surface area contributed by atoms with Crippen LogP contribution in [0.4, 0.5) is 0 Å². The zero-order chi connectivity index (χ0) is 21.7. The molecular formula is C25H33NO4. The quantitative estimate of drug-likeness (QED) is 0.631. The molecule has 1 saturated heterocycles. The number of hydrogen-bond acceptors (Lipinski definition) is 5. The molecule has 1 atom stereocenters. The van der Waals surface area contributed by atoms with E-state index >= 15 is 0 Å². The summed E-state index contributed by atoms with van der Waals surface area (Å²) in [7, 11) is 0. The van der Waals surface area contributed by atoms with Gasteiger partial charge in [-0.25, -0.2) is 4.79 Å². The van der Waals surface area contributed by atoms with Gasteiger partial charge in [0, 0.05) is 6.04 Å². The Morgan fingerprint density at radius 1 is 1.20 bits per heavy atom. The second-order valence-corrected chi connectivity index (χ2v) is 8.53. The minimum atomic E-state index is -0.339. The third-order valence-electron chi connectivity index (χ3n) is 5.73. The van der Waals surface area contributed by atoms with Gasteiger partial charge < -0.3 is 19.9 Å². The van der Waals surface area contributed by atoms with Crippen molar-refractivity contribution in [1.82, 2.24) is 5.32 Å². The van der Waals surface area contributed by atoms with Gasteiger partial charge in [-0.1, -0.05) is 26.0 Å². The summed E-state index contributed by atoms with van der Waals surface area (Å²) in [4.78, 5) is 12.0. The summed E-state index contributed by atoms with van der Waals surface area (Å²) in [6.07, 6.45) is 2.97. The predicted octanol–water partition coefficient (Wildman–Crippen LogP) is 4.40. The SMILES string of the molecule is Cc1cc(OCC(=O)OC[C@H]2CCCN2)cc(C)c1Cc1ccc(O)c(C(C)C)c1. The highest BCUT2D eigenvalue weighted by atomic mass is 16.6. The first-order valence-electron chi connectivity index (χ1n) is 10.8. The Bertz CT molecular complexity index is 862. The van der Waals surface area contributed by atoms with E-state index in [4.69, 9.17) is 9.47 Å². The van der Waals surface area contributed by atoms with Crippen LogP contribution in [0.2, 0.25) is 0 Å². The molecule has 0 bridgehead atoms. The van der Waals surface area contributed by atoms with Crippen LogP contribution in [0.15, 0.2) is 30.3 Å². The van der Waals surface area contributed by atoms with Gasteiger partial charge in [0.05, 0.1) is 0 Å². The molecule has 1 aliphatic rings. The van der Waals surface area contributed by atoms with E-state index in [1.807, 2.05) is 18.2 Å². The Morgan fingerprint density at radius 3 is 2.57 bits per heavy atom. The van der Waals surface area contributed by atoms with Crippen molar-refractivity contribution < 1.29 is 19.4 Å². The Kier molecular flexibility index (Phi) is 7.38. The van der Waals surface area contributed by atoms with E-state index in [0.717, 1.165) is 42.5 Å². The molecule has 162 valence electrons. The van der Waals surface area contributed by atoms with E-state index in [-0.39, 0.29) is 24.5 Å². The fourth-order valence-electron chi connectivity index (χ4n) is 3.97. The van der Waals surface area contributed by atoms with Gasteiger partial charge in [0.25, 0.3) is 0 Å². The summed E-state index contributed by atoms with van der Waals surface area (Å²) in [5.41, 5.74) is 5.60. The molecule has 2 aromatic carbocycles. The van der Waals surface area contributed by atoms with Gasteiger partial charge in [0.2, 0.25) is 0 Å². The number of carbonyl (C=O) groups is 1. The number of ether oxygens (including phenoxy) is 2. The lowest BCUT2D eigenvalue weighted by Gasteiger charge is -2.16. The first kappa shape index (κ1) is 22.2. The van der Waals surface area contributed by atoms with Crippen LogP contribution < -0.4 is 10.1 Å². The lowest BCUT2D eigenvalue weighted by Crippen LogP contribution is -2.29. The Hall–Kier alpha value is -2.53. The number of carbonyl (C=O) groups excluding carboxylic acids is 1. The molecule has 0 unspecified atom stereocenters. The van der Waals surface area contributed by atoms with Crippen molar-refractivity contribution in [2.75, 3.05) is 19.8 Å². The summed E-state index contributed by atoms with van der Waals surface area (Å²) in [6, 6.07) is 10.0. The van der Waals surface area contributed by atoms with Gasteiger partial charge in [-0.05, 0) is 91.6 Å². The van der Waals surface area contributed by atoms with Crippen molar-refractivity contribution in [3.05, 3.63) is 58.1 Å². The zero-order valence-corrected chi connectivity index (χ0v) is 18.5. The molecular weight excluding hydrogens is 378 g/mol. The number of aromatic hydroxyl groups is 1. The van der Waals surface area contributed by atoms with Gasteiger partial charge in [-0.3, -0.25) is 0 Å². The second kappa shape index (κ2) is 9.98. The van der Waals surface area contributed by atoms with E-state index < -0.39 is 0 Å². The van der Waals surface area contributed by atoms with Gasteiger partial charge >= 0.3 is 5.97 Å². The van der Waals surface area contributed by atoms with Crippen molar-refractivity contribution in [2.24, 2.45) is 0 Å². The molecule has 1 heterocycles. The lowest BCUT2D eigenvalue weighted by atomic mass is 9.93. The van der Waals surface area contributed by atoms with Crippen LogP contribution in [0, 0.1) is 13.8 Å². The number of hydrogen-bond donors (Lipinski definition) is 2. The Labute approximate surface area is 179 Å². The largest absolute Gasteiger partial charge is 0.508 e. The zero-order valence-electron chi connectivity index (χ0n) is 18.5. The lowest BCUT2D eigenvalue weighted by molar-refractivity contribution is -0.146. The molecule has 5 heteroatoms. The Balaban J connectivity index is 1.61. The normalized spacial score (nSPS) is 16.1. The molecule has 0 spiro atoms. The number of phenolic OH excluding ortho intramolecular Hbond substituents is 1. The van der Waals surface area contributed by atoms with Crippen molar-refractivity contribution in [1.29, 1.82) is 0 Å². The summed E-state index contributed by atoms with van der Waals surface area (Å²) in [5.74, 6) is 0.959. The fraction of sp³-hybridized carbons (Fsp3) is 0.480. The van der Waals surface area contributed by atoms with E-state index in [1.54, 1.807) is 6.07 Å². The van der Waals surface area contributed by atoms with E-state index in [9.17, 15) is 9.90 Å². The summed E-state index contributed by atoms with van der Waals surface area (Å²) in [6.45, 7) is 9.59. The number of phenols is 1. The summed E-state index contributed by atoms with van der Waals surface area (Å²) in [5, 5.41) is 13.4. The predicted molar refractivity (Wildman–Crippen MR) is 118 cm³/mol. The topological polar surface area (TPSA) is 67.8 Å². The van der Waals surface area contributed by atoms with E-state index in [2.05, 4.69) is 39.1 Å². The average molecular weight is 412 g/mol. The molecule has 3 rings (SSSR count). The molecule has 0 amide bonds. The van der Waals surface area contributed by atoms with Gasteiger partial charge in [0.15, 0.2) is 6.61 Å². The second-order valence-electron chi connectivity index (χ2n) is 8.53. The van der Waals surface area contributed by atoms with Crippen LogP contribution in [-0.2, 0) is 16.0 Å². The number of nitrogens with one attached hydrogen (secondary N) is 1. The molecule has 2 N–H and O–H groups in total. The van der Waals surface area contributed by atoms with E-state index in [0.29, 0.717) is 18.1 Å². The highest BCUT2D eigenvalue weighted by molar-refractivity contribution is 5.71. The maximum absolute atomic E-state index is 12.0. The maximum atomic E-state index is 12.0. The van der Waals surface area contributed by atoms with Crippen LogP contribution in [0.3, 0.4) is 0 Å². The molecule has 2 aromatic rings. The van der Waals surface area contributed by atoms with Gasteiger partial charge in [0.1, 0.15) is 18.1 Å². The standard InChI is InChI=1S/C25H33NO4/c1-16(2)22-12-19(7-8-24(22)27)13-23-17(3)10-21(11-18(23)4)29-15-25(28)30-14-20-6-5-9-26-20/h7-8,10-12,16,20,26-27H,5-6,9,13-15H2,1-4H3/t20-/m1/s1. The minimum absolute atomic E-state index is 0.0827. The molecule has 30 heavy (non-hydrogen) atoms. The highest BCUT2D eigenvalue weighted by Crippen LogP contribution is 2.29. The van der Waals surface area contributed by atoms with Crippen LogP contribution in [0.25, 0.3) is 0 Å². The van der Waals surface area contributed by atoms with Crippen molar-refractivity contribution >= 4 is 5.97 Å². The van der Waals surface area contributed by atoms with Crippen LogP contribution in [0.1, 0.15) is 60.4 Å². The fourth-order valence-corrected chi connectivity index (χ4v) is 3.97. The van der Waals surface area contributed by atoms with Crippen molar-refractivity contribution in [3.8, 4) is 11.5 Å². The number of benzene rings is 2. The van der Waals surface area contributed by atoms with Gasteiger partial charge in [-0.2, -0.15) is 0 Å². The maximum Gasteiger partial charge on any atom is 0.344 e. The highest BCUT2D eigenvalue weighted by Gasteiger charge is 2.16. The van der Waals surface area contributed by atoms with E-state index in [1.165, 1.54) is 11.1 Å². The van der Waals surface area contributed by atoms with Gasteiger partial charge in [-0.15, -0.1) is 0 Å². The number of aryl methyl sites for hydroxylation is 2. The van der Waals surface area contributed by atoms with Crippen molar-refractivity contribution in [3.63, 3.8) is 0 Å². The average Bonchev–Trinajstić information content (AvgIpc) is 3.22. The molecule has 0 aromatic heterocycles. The summed E-state index contributed by atoms with van der Waals surface area (Å²) < 4.78 is 11.0. The van der Waals surface area contributed by atoms with Crippen LogP contribution in [-0.4, -0.2) is 36.9 Å². The summed E-state index contributed by atoms with van der Waals surface area (Å²) >= 11 is 0. The molecule has 1 aliphatic heterocycles. The number of rotatable bonds is 8.